The lowest BCUT2D eigenvalue weighted by molar-refractivity contribution is -0.127. The van der Waals surface area contributed by atoms with E-state index in [2.05, 4.69) is 10.3 Å². The fourth-order valence-electron chi connectivity index (χ4n) is 2.29. The minimum atomic E-state index is -2.73. The van der Waals surface area contributed by atoms with E-state index in [0.717, 1.165) is 0 Å². The molecule has 0 radical (unpaired) electrons. The minimum Gasteiger partial charge on any atom is -0.324 e. The number of nitrogens with zero attached hydrogens (tertiary/aromatic N) is 1. The van der Waals surface area contributed by atoms with Crippen LogP contribution in [-0.2, 0) is 4.79 Å². The molecule has 1 saturated carbocycles. The van der Waals surface area contributed by atoms with Crippen LogP contribution in [0.3, 0.4) is 0 Å². The van der Waals surface area contributed by atoms with Crippen molar-refractivity contribution in [2.45, 2.75) is 38.5 Å². The van der Waals surface area contributed by atoms with Gasteiger partial charge in [0.2, 0.25) is 11.8 Å². The van der Waals surface area contributed by atoms with Crippen LogP contribution in [0, 0.1) is 12.8 Å². The van der Waals surface area contributed by atoms with Crippen LogP contribution in [0.1, 0.15) is 31.4 Å². The molecule has 19 heavy (non-hydrogen) atoms. The maximum absolute atomic E-state index is 13.3. The molecular formula is C13H15ClF2N2O. The minimum absolute atomic E-state index is 0.127. The second kappa shape index (κ2) is 5.41. The Bertz CT molecular complexity index is 494. The summed E-state index contributed by atoms with van der Waals surface area (Å²) in [6, 6.07) is 3.18. The van der Waals surface area contributed by atoms with E-state index in [0.29, 0.717) is 29.4 Å². The zero-order valence-electron chi connectivity index (χ0n) is 10.5. The van der Waals surface area contributed by atoms with Crippen molar-refractivity contribution < 1.29 is 13.6 Å². The second-order valence-electron chi connectivity index (χ2n) is 4.91. The number of rotatable bonds is 2. The van der Waals surface area contributed by atoms with Crippen molar-refractivity contribution in [2.75, 3.05) is 5.32 Å². The van der Waals surface area contributed by atoms with E-state index in [1.165, 1.54) is 0 Å². The Morgan fingerprint density at radius 2 is 2.26 bits per heavy atom. The molecule has 1 amide bonds. The molecular weight excluding hydrogens is 274 g/mol. The van der Waals surface area contributed by atoms with Gasteiger partial charge in [0.25, 0.3) is 0 Å². The Hall–Kier alpha value is -1.23. The number of alkyl halides is 2. The topological polar surface area (TPSA) is 42.0 Å². The van der Waals surface area contributed by atoms with Gasteiger partial charge >= 0.3 is 0 Å². The van der Waals surface area contributed by atoms with Crippen molar-refractivity contribution >= 4 is 23.2 Å². The smallest absolute Gasteiger partial charge is 0.248 e. The highest BCUT2D eigenvalue weighted by atomic mass is 35.5. The number of aryl methyl sites for hydroxylation is 1. The van der Waals surface area contributed by atoms with E-state index in [1.54, 1.807) is 19.1 Å². The molecule has 0 aliphatic heterocycles. The number of nitrogens with one attached hydrogen (secondary N) is 1. The lowest BCUT2D eigenvalue weighted by atomic mass is 9.86. The molecule has 0 aromatic carbocycles. The number of aromatic nitrogens is 1. The molecule has 0 spiro atoms. The summed E-state index contributed by atoms with van der Waals surface area (Å²) in [5.74, 6) is -3.74. The second-order valence-corrected chi connectivity index (χ2v) is 5.29. The lowest BCUT2D eigenvalue weighted by Crippen LogP contribution is -2.33. The zero-order chi connectivity index (χ0) is 14.0. The zero-order valence-corrected chi connectivity index (χ0v) is 11.3. The van der Waals surface area contributed by atoms with Crippen molar-refractivity contribution in [2.24, 2.45) is 5.92 Å². The largest absolute Gasteiger partial charge is 0.324 e. The average Bonchev–Trinajstić information content (AvgIpc) is 2.31. The molecule has 3 nitrogen and oxygen atoms in total. The van der Waals surface area contributed by atoms with Crippen LogP contribution in [0.15, 0.2) is 12.1 Å². The highest BCUT2D eigenvalue weighted by molar-refractivity contribution is 6.29. The molecule has 0 bridgehead atoms. The van der Waals surface area contributed by atoms with Gasteiger partial charge in [-0.3, -0.25) is 4.79 Å². The molecule has 2 rings (SSSR count). The quantitative estimate of drug-likeness (QED) is 0.841. The van der Waals surface area contributed by atoms with Crippen molar-refractivity contribution in [3.8, 4) is 0 Å². The van der Waals surface area contributed by atoms with Crippen LogP contribution in [0.25, 0.3) is 0 Å². The van der Waals surface area contributed by atoms with Gasteiger partial charge in [0.1, 0.15) is 5.15 Å². The van der Waals surface area contributed by atoms with Crippen LogP contribution in [-0.4, -0.2) is 16.8 Å². The van der Waals surface area contributed by atoms with Gasteiger partial charge in [-0.2, -0.15) is 0 Å². The highest BCUT2D eigenvalue weighted by Crippen LogP contribution is 2.37. The molecule has 6 heteroatoms. The molecule has 1 aromatic rings. The average molecular weight is 289 g/mol. The van der Waals surface area contributed by atoms with Gasteiger partial charge in [0.05, 0.1) is 11.4 Å². The summed E-state index contributed by atoms with van der Waals surface area (Å²) in [6.07, 6.45) is 0.377. The predicted octanol–water partition coefficient (Wildman–Crippen LogP) is 3.81. The number of anilines is 1. The van der Waals surface area contributed by atoms with E-state index < -0.39 is 11.8 Å². The van der Waals surface area contributed by atoms with E-state index in [-0.39, 0.29) is 18.7 Å². The van der Waals surface area contributed by atoms with Gasteiger partial charge in [-0.25, -0.2) is 13.8 Å². The normalized spacial score (nSPS) is 22.0. The number of carbonyl (C=O) groups excluding carboxylic acids is 1. The van der Waals surface area contributed by atoms with E-state index >= 15 is 0 Å². The van der Waals surface area contributed by atoms with Gasteiger partial charge in [0.15, 0.2) is 0 Å². The Morgan fingerprint density at radius 1 is 1.53 bits per heavy atom. The Kier molecular flexibility index (Phi) is 4.04. The Labute approximate surface area is 115 Å². The van der Waals surface area contributed by atoms with E-state index in [9.17, 15) is 13.6 Å². The maximum atomic E-state index is 13.3. The third-order valence-corrected chi connectivity index (χ3v) is 3.53. The number of halogens is 3. The molecule has 1 aliphatic rings. The summed E-state index contributed by atoms with van der Waals surface area (Å²) in [5.41, 5.74) is 1.09. The van der Waals surface area contributed by atoms with Crippen molar-refractivity contribution in [1.82, 2.24) is 4.98 Å². The molecule has 1 atom stereocenters. The molecule has 1 aromatic heterocycles. The van der Waals surface area contributed by atoms with Crippen molar-refractivity contribution in [3.05, 3.63) is 23.0 Å². The SMILES string of the molecule is Cc1nc(Cl)ccc1NC(=O)C1CCCC(F)(F)C1. The maximum Gasteiger partial charge on any atom is 0.248 e. The third kappa shape index (κ3) is 3.62. The number of carbonyl (C=O) groups is 1. The van der Waals surface area contributed by atoms with Crippen LogP contribution >= 0.6 is 11.6 Å². The van der Waals surface area contributed by atoms with Crippen molar-refractivity contribution in [3.63, 3.8) is 0 Å². The van der Waals surface area contributed by atoms with Gasteiger partial charge in [-0.05, 0) is 31.9 Å². The van der Waals surface area contributed by atoms with Crippen LogP contribution < -0.4 is 5.32 Å². The fourth-order valence-corrected chi connectivity index (χ4v) is 2.48. The summed E-state index contributed by atoms with van der Waals surface area (Å²) < 4.78 is 26.6. The molecule has 1 aliphatic carbocycles. The summed E-state index contributed by atoms with van der Waals surface area (Å²) >= 11 is 5.72. The lowest BCUT2D eigenvalue weighted by Gasteiger charge is -2.28. The number of pyridine rings is 1. The summed E-state index contributed by atoms with van der Waals surface area (Å²) in [4.78, 5) is 16.0. The Morgan fingerprint density at radius 3 is 2.89 bits per heavy atom. The number of hydrogen-bond donors (Lipinski definition) is 1. The first-order valence-corrected chi connectivity index (χ1v) is 6.57. The van der Waals surface area contributed by atoms with Gasteiger partial charge in [-0.1, -0.05) is 11.6 Å². The van der Waals surface area contributed by atoms with Gasteiger partial charge in [-0.15, -0.1) is 0 Å². The molecule has 1 heterocycles. The van der Waals surface area contributed by atoms with Crippen molar-refractivity contribution in [1.29, 1.82) is 0 Å². The fraction of sp³-hybridized carbons (Fsp3) is 0.538. The first kappa shape index (κ1) is 14.2. The Balaban J connectivity index is 2.04. The first-order valence-electron chi connectivity index (χ1n) is 6.19. The van der Waals surface area contributed by atoms with Crippen LogP contribution in [0.4, 0.5) is 14.5 Å². The van der Waals surface area contributed by atoms with Crippen LogP contribution in [0.5, 0.6) is 0 Å². The monoisotopic (exact) mass is 288 g/mol. The van der Waals surface area contributed by atoms with Gasteiger partial charge < -0.3 is 5.32 Å². The molecule has 1 N–H and O–H groups in total. The summed E-state index contributed by atoms with van der Waals surface area (Å²) in [5, 5.41) is 2.98. The molecule has 1 unspecified atom stereocenters. The standard InChI is InChI=1S/C13H15ClF2N2O/c1-8-10(4-5-11(14)17-8)18-12(19)9-3-2-6-13(15,16)7-9/h4-5,9H,2-3,6-7H2,1H3,(H,18,19). The first-order chi connectivity index (χ1) is 8.87. The summed E-state index contributed by atoms with van der Waals surface area (Å²) in [6.45, 7) is 1.71. The van der Waals surface area contributed by atoms with Gasteiger partial charge in [0, 0.05) is 18.8 Å². The molecule has 1 fully saturated rings. The predicted molar refractivity (Wildman–Crippen MR) is 69.5 cm³/mol. The third-order valence-electron chi connectivity index (χ3n) is 3.32. The number of amides is 1. The van der Waals surface area contributed by atoms with E-state index in [1.807, 2.05) is 0 Å². The number of hydrogen-bond acceptors (Lipinski definition) is 2. The molecule has 104 valence electrons. The van der Waals surface area contributed by atoms with E-state index in [4.69, 9.17) is 11.6 Å². The summed E-state index contributed by atoms with van der Waals surface area (Å²) in [7, 11) is 0. The molecule has 0 saturated heterocycles. The van der Waals surface area contributed by atoms with Crippen LogP contribution in [0.2, 0.25) is 5.15 Å². The highest BCUT2D eigenvalue weighted by Gasteiger charge is 2.39.